The molecule has 1 aromatic rings. The molecule has 0 aromatic heterocycles. The van der Waals surface area contributed by atoms with Gasteiger partial charge in [-0.2, -0.15) is 0 Å². The van der Waals surface area contributed by atoms with E-state index in [1.807, 2.05) is 39.0 Å². The lowest BCUT2D eigenvalue weighted by Crippen LogP contribution is -2.37. The first-order chi connectivity index (χ1) is 13.3. The fraction of sp³-hybridized carbons (Fsp3) is 0.652. The third-order valence-corrected chi connectivity index (χ3v) is 6.55. The van der Waals surface area contributed by atoms with Gasteiger partial charge in [-0.15, -0.1) is 0 Å². The van der Waals surface area contributed by atoms with Gasteiger partial charge in [-0.05, 0) is 69.9 Å². The van der Waals surface area contributed by atoms with Crippen LogP contribution in [-0.2, 0) is 9.53 Å². The van der Waals surface area contributed by atoms with Crippen molar-refractivity contribution in [2.24, 2.45) is 17.8 Å². The van der Waals surface area contributed by atoms with Gasteiger partial charge in [0.2, 0.25) is 5.91 Å². The van der Waals surface area contributed by atoms with Crippen LogP contribution >= 0.6 is 0 Å². The smallest absolute Gasteiger partial charge is 0.414 e. The van der Waals surface area contributed by atoms with Crippen molar-refractivity contribution >= 4 is 17.7 Å². The molecule has 28 heavy (non-hydrogen) atoms. The van der Waals surface area contributed by atoms with Crippen molar-refractivity contribution < 1.29 is 14.3 Å². The van der Waals surface area contributed by atoms with Crippen molar-refractivity contribution in [2.45, 2.75) is 64.4 Å². The number of anilines is 1. The Hall–Kier alpha value is -2.04. The van der Waals surface area contributed by atoms with E-state index in [0.29, 0.717) is 19.0 Å². The molecule has 3 aliphatic rings. The highest BCUT2D eigenvalue weighted by Gasteiger charge is 2.43. The van der Waals surface area contributed by atoms with Gasteiger partial charge < -0.3 is 10.1 Å². The normalized spacial score (nSPS) is 28.3. The maximum Gasteiger partial charge on any atom is 0.414 e. The molecule has 2 saturated carbocycles. The van der Waals surface area contributed by atoms with Crippen molar-refractivity contribution in [3.63, 3.8) is 0 Å². The van der Waals surface area contributed by atoms with Crippen molar-refractivity contribution in [3.8, 4) is 0 Å². The molecule has 2 aliphatic carbocycles. The minimum atomic E-state index is -0.515. The highest BCUT2D eigenvalue weighted by atomic mass is 16.6. The van der Waals surface area contributed by atoms with Crippen molar-refractivity contribution in [2.75, 3.05) is 18.0 Å². The lowest BCUT2D eigenvalue weighted by atomic mass is 9.88. The van der Waals surface area contributed by atoms with Crippen molar-refractivity contribution in [3.05, 3.63) is 29.8 Å². The van der Waals surface area contributed by atoms with Crippen LogP contribution in [0.25, 0.3) is 0 Å². The van der Waals surface area contributed by atoms with Crippen molar-refractivity contribution in [1.82, 2.24) is 5.32 Å². The van der Waals surface area contributed by atoms with Gasteiger partial charge in [0.1, 0.15) is 5.60 Å². The lowest BCUT2D eigenvalue weighted by molar-refractivity contribution is -0.126. The van der Waals surface area contributed by atoms with Gasteiger partial charge in [0.05, 0.1) is 5.69 Å². The van der Waals surface area contributed by atoms with Crippen LogP contribution in [-0.4, -0.2) is 30.7 Å². The number of hydrogen-bond donors (Lipinski definition) is 1. The molecule has 5 nitrogen and oxygen atoms in total. The van der Waals surface area contributed by atoms with E-state index in [9.17, 15) is 9.59 Å². The summed E-state index contributed by atoms with van der Waals surface area (Å²) in [5.41, 5.74) is 1.59. The highest BCUT2D eigenvalue weighted by molar-refractivity contribution is 5.91. The van der Waals surface area contributed by atoms with Crippen LogP contribution in [0.3, 0.4) is 0 Å². The van der Waals surface area contributed by atoms with Crippen LogP contribution in [0.5, 0.6) is 0 Å². The van der Waals surface area contributed by atoms with E-state index in [2.05, 4.69) is 11.4 Å². The number of nitrogens with one attached hydrogen (secondary N) is 1. The van der Waals surface area contributed by atoms with E-state index >= 15 is 0 Å². The molecule has 4 unspecified atom stereocenters. The summed E-state index contributed by atoms with van der Waals surface area (Å²) in [5, 5.41) is 3.18. The van der Waals surface area contributed by atoms with E-state index in [1.165, 1.54) is 24.8 Å². The fourth-order valence-corrected chi connectivity index (χ4v) is 5.30. The predicted octanol–water partition coefficient (Wildman–Crippen LogP) is 4.47. The van der Waals surface area contributed by atoms with E-state index in [1.54, 1.807) is 4.90 Å². The Morgan fingerprint density at radius 3 is 2.64 bits per heavy atom. The summed E-state index contributed by atoms with van der Waals surface area (Å²) in [6.45, 7) is 6.92. The average molecular weight is 385 g/mol. The fourth-order valence-electron chi connectivity index (χ4n) is 5.30. The standard InChI is InChI=1S/C23H32N2O3/c1-23(2,3)28-22(27)25-14-17(18-6-4-5-7-20(18)25)10-11-24-21(26)19-13-15-8-9-16(19)12-15/h4-7,15-17,19H,8-14H2,1-3H3,(H,24,26). The van der Waals surface area contributed by atoms with Gasteiger partial charge in [0, 0.05) is 24.9 Å². The zero-order valence-corrected chi connectivity index (χ0v) is 17.2. The van der Waals surface area contributed by atoms with Gasteiger partial charge in [0.25, 0.3) is 0 Å². The molecule has 2 amide bonds. The summed E-state index contributed by atoms with van der Waals surface area (Å²) >= 11 is 0. The van der Waals surface area contributed by atoms with Crippen LogP contribution in [0.2, 0.25) is 0 Å². The van der Waals surface area contributed by atoms with Crippen LogP contribution in [0.1, 0.15) is 64.4 Å². The van der Waals surface area contributed by atoms with E-state index < -0.39 is 5.60 Å². The SMILES string of the molecule is CC(C)(C)OC(=O)N1CC(CCNC(=O)C2CC3CCC2C3)c2ccccc21. The molecule has 4 atom stereocenters. The number of carbonyl (C=O) groups is 2. The maximum atomic E-state index is 12.6. The first-order valence-electron chi connectivity index (χ1n) is 10.7. The quantitative estimate of drug-likeness (QED) is 0.833. The molecule has 4 rings (SSSR count). The number of para-hydroxylation sites is 1. The molecule has 2 bridgehead atoms. The predicted molar refractivity (Wildman–Crippen MR) is 109 cm³/mol. The van der Waals surface area contributed by atoms with Gasteiger partial charge in [-0.1, -0.05) is 24.6 Å². The molecule has 1 N–H and O–H groups in total. The lowest BCUT2D eigenvalue weighted by Gasteiger charge is -2.25. The second kappa shape index (κ2) is 7.41. The zero-order valence-electron chi connectivity index (χ0n) is 17.2. The first kappa shape index (κ1) is 19.3. The summed E-state index contributed by atoms with van der Waals surface area (Å²) in [5.74, 6) is 2.09. The molecule has 2 fully saturated rings. The monoisotopic (exact) mass is 384 g/mol. The molecule has 152 valence electrons. The van der Waals surface area contributed by atoms with Crippen LogP contribution < -0.4 is 10.2 Å². The third kappa shape index (κ3) is 3.89. The molecule has 1 heterocycles. The minimum Gasteiger partial charge on any atom is -0.443 e. The first-order valence-corrected chi connectivity index (χ1v) is 10.7. The average Bonchev–Trinajstić information content (AvgIpc) is 3.34. The Kier molecular flexibility index (Phi) is 5.11. The molecule has 1 aliphatic heterocycles. The third-order valence-electron chi connectivity index (χ3n) is 6.55. The number of carbonyl (C=O) groups excluding carboxylic acids is 2. The topological polar surface area (TPSA) is 58.6 Å². The molecule has 0 spiro atoms. The van der Waals surface area contributed by atoms with Gasteiger partial charge in [-0.3, -0.25) is 9.69 Å². The van der Waals surface area contributed by atoms with Crippen LogP contribution in [0.15, 0.2) is 24.3 Å². The van der Waals surface area contributed by atoms with E-state index in [4.69, 9.17) is 4.74 Å². The molecule has 0 radical (unpaired) electrons. The molecule has 5 heteroatoms. The van der Waals surface area contributed by atoms with Crippen LogP contribution in [0.4, 0.5) is 10.5 Å². The Morgan fingerprint density at radius 1 is 1.18 bits per heavy atom. The summed E-state index contributed by atoms with van der Waals surface area (Å²) in [4.78, 5) is 27.0. The number of hydrogen-bond acceptors (Lipinski definition) is 3. The number of nitrogens with zero attached hydrogens (tertiary/aromatic N) is 1. The minimum absolute atomic E-state index is 0.226. The Labute approximate surface area is 167 Å². The zero-order chi connectivity index (χ0) is 19.9. The van der Waals surface area contributed by atoms with Crippen molar-refractivity contribution in [1.29, 1.82) is 0 Å². The van der Waals surface area contributed by atoms with E-state index in [0.717, 1.165) is 24.4 Å². The highest BCUT2D eigenvalue weighted by Crippen LogP contribution is 2.48. The number of ether oxygens (including phenoxy) is 1. The molecule has 0 saturated heterocycles. The van der Waals surface area contributed by atoms with Gasteiger partial charge >= 0.3 is 6.09 Å². The summed E-state index contributed by atoms with van der Waals surface area (Å²) in [6.07, 6.45) is 5.41. The Bertz CT molecular complexity index is 754. The van der Waals surface area contributed by atoms with Crippen LogP contribution in [0, 0.1) is 17.8 Å². The Balaban J connectivity index is 1.35. The molecule has 1 aromatic carbocycles. The number of rotatable bonds is 4. The van der Waals surface area contributed by atoms with E-state index in [-0.39, 0.29) is 23.8 Å². The van der Waals surface area contributed by atoms with Gasteiger partial charge in [0.15, 0.2) is 0 Å². The second-order valence-corrected chi connectivity index (χ2v) is 9.71. The summed E-state index contributed by atoms with van der Waals surface area (Å²) in [6, 6.07) is 8.03. The number of benzene rings is 1. The summed E-state index contributed by atoms with van der Waals surface area (Å²) in [7, 11) is 0. The molecular formula is C23H32N2O3. The number of fused-ring (bicyclic) bond motifs is 3. The molecular weight excluding hydrogens is 352 g/mol. The van der Waals surface area contributed by atoms with Gasteiger partial charge in [-0.25, -0.2) is 4.79 Å². The second-order valence-electron chi connectivity index (χ2n) is 9.71. The maximum absolute atomic E-state index is 12.6. The number of amides is 2. The largest absolute Gasteiger partial charge is 0.443 e. The summed E-state index contributed by atoms with van der Waals surface area (Å²) < 4.78 is 5.58. The Morgan fingerprint density at radius 2 is 1.96 bits per heavy atom.